The van der Waals surface area contributed by atoms with Gasteiger partial charge in [0.05, 0.1) is 0 Å². The maximum Gasteiger partial charge on any atom is 0.410 e. The highest BCUT2D eigenvalue weighted by Crippen LogP contribution is 2.29. The van der Waals surface area contributed by atoms with Crippen LogP contribution >= 0.6 is 0 Å². The second-order valence-corrected chi connectivity index (χ2v) is 4.33. The molecule has 0 N–H and O–H groups in total. The van der Waals surface area contributed by atoms with E-state index in [2.05, 4.69) is 0 Å². The van der Waals surface area contributed by atoms with Crippen LogP contribution in [0.2, 0.25) is 0 Å². The van der Waals surface area contributed by atoms with Gasteiger partial charge in [-0.1, -0.05) is 60.2 Å². The molecule has 0 atom stereocenters. The molecule has 0 amide bonds. The van der Waals surface area contributed by atoms with Gasteiger partial charge >= 0.3 is 6.18 Å². The molecule has 2 rings (SSSR count). The highest BCUT2D eigenvalue weighted by molar-refractivity contribution is 5.80. The van der Waals surface area contributed by atoms with E-state index in [0.29, 0.717) is 17.2 Å². The Morgan fingerprint density at radius 2 is 1.37 bits per heavy atom. The number of alkyl halides is 3. The van der Waals surface area contributed by atoms with Crippen molar-refractivity contribution in [2.45, 2.75) is 13.1 Å². The fourth-order valence-corrected chi connectivity index (χ4v) is 1.85. The van der Waals surface area contributed by atoms with Crippen LogP contribution in [0.1, 0.15) is 16.7 Å². The van der Waals surface area contributed by atoms with Gasteiger partial charge in [-0.15, -0.1) is 0 Å². The minimum Gasteiger partial charge on any atom is -0.167 e. The van der Waals surface area contributed by atoms with Gasteiger partial charge in [-0.3, -0.25) is 0 Å². The lowest BCUT2D eigenvalue weighted by molar-refractivity contribution is -0.0793. The summed E-state index contributed by atoms with van der Waals surface area (Å²) in [5.74, 6) is 0. The summed E-state index contributed by atoms with van der Waals surface area (Å²) < 4.78 is 38.0. The molecular formula is C16H13F3. The normalized spacial score (nSPS) is 12.5. The second kappa shape index (κ2) is 5.31. The molecule has 2 aromatic rings. The Balaban J connectivity index is 2.53. The van der Waals surface area contributed by atoms with Crippen molar-refractivity contribution < 1.29 is 13.2 Å². The van der Waals surface area contributed by atoms with Gasteiger partial charge in [0.2, 0.25) is 0 Å². The highest BCUT2D eigenvalue weighted by Gasteiger charge is 2.25. The zero-order valence-corrected chi connectivity index (χ0v) is 10.4. The molecule has 2 aromatic carbocycles. The maximum absolute atomic E-state index is 12.7. The van der Waals surface area contributed by atoms with Crippen molar-refractivity contribution in [2.24, 2.45) is 0 Å². The SMILES string of the molecule is Cc1ccc(/C(=C\C(F)(F)F)c2ccccc2)cc1. The number of aryl methyl sites for hydroxylation is 1. The van der Waals surface area contributed by atoms with Crippen molar-refractivity contribution in [3.05, 3.63) is 77.4 Å². The van der Waals surface area contributed by atoms with Gasteiger partial charge in [-0.2, -0.15) is 13.2 Å². The molecule has 19 heavy (non-hydrogen) atoms. The summed E-state index contributed by atoms with van der Waals surface area (Å²) in [6.45, 7) is 1.90. The van der Waals surface area contributed by atoms with Crippen LogP contribution in [-0.4, -0.2) is 6.18 Å². The lowest BCUT2D eigenvalue weighted by atomic mass is 9.97. The van der Waals surface area contributed by atoms with E-state index in [1.807, 2.05) is 19.1 Å². The summed E-state index contributed by atoms with van der Waals surface area (Å²) in [6, 6.07) is 15.6. The minimum absolute atomic E-state index is 0.188. The first-order valence-electron chi connectivity index (χ1n) is 5.88. The lowest BCUT2D eigenvalue weighted by Crippen LogP contribution is -2.04. The summed E-state index contributed by atoms with van der Waals surface area (Å²) in [5, 5.41) is 0. The van der Waals surface area contributed by atoms with Crippen molar-refractivity contribution >= 4 is 5.57 Å². The molecule has 0 unspecified atom stereocenters. The molecule has 0 aliphatic heterocycles. The predicted molar refractivity (Wildman–Crippen MR) is 70.8 cm³/mol. The molecule has 0 bridgehead atoms. The molecule has 3 heteroatoms. The summed E-state index contributed by atoms with van der Waals surface area (Å²) >= 11 is 0. The number of halogens is 3. The Kier molecular flexibility index (Phi) is 3.74. The van der Waals surface area contributed by atoms with Gasteiger partial charge in [-0.25, -0.2) is 0 Å². The van der Waals surface area contributed by atoms with E-state index < -0.39 is 6.18 Å². The van der Waals surface area contributed by atoms with Crippen LogP contribution in [-0.2, 0) is 0 Å². The fourth-order valence-electron chi connectivity index (χ4n) is 1.85. The van der Waals surface area contributed by atoms with Gasteiger partial charge in [0.15, 0.2) is 0 Å². The molecule has 0 saturated carbocycles. The van der Waals surface area contributed by atoms with E-state index in [1.165, 1.54) is 0 Å². The molecular weight excluding hydrogens is 249 g/mol. The van der Waals surface area contributed by atoms with Crippen LogP contribution in [0.5, 0.6) is 0 Å². The van der Waals surface area contributed by atoms with E-state index in [9.17, 15) is 13.2 Å². The zero-order chi connectivity index (χ0) is 13.9. The molecule has 98 valence electrons. The number of rotatable bonds is 2. The van der Waals surface area contributed by atoms with Crippen LogP contribution in [0.25, 0.3) is 5.57 Å². The number of hydrogen-bond donors (Lipinski definition) is 0. The lowest BCUT2D eigenvalue weighted by Gasteiger charge is -2.10. The van der Waals surface area contributed by atoms with Gasteiger partial charge in [-0.05, 0) is 23.6 Å². The van der Waals surface area contributed by atoms with Crippen molar-refractivity contribution in [3.8, 4) is 0 Å². The summed E-state index contributed by atoms with van der Waals surface area (Å²) in [4.78, 5) is 0. The Labute approximate surface area is 110 Å². The number of benzene rings is 2. The molecule has 0 aliphatic rings. The second-order valence-electron chi connectivity index (χ2n) is 4.33. The molecule has 0 saturated heterocycles. The first-order chi connectivity index (χ1) is 8.96. The smallest absolute Gasteiger partial charge is 0.167 e. The van der Waals surface area contributed by atoms with E-state index in [-0.39, 0.29) is 5.57 Å². The van der Waals surface area contributed by atoms with Crippen LogP contribution in [0.15, 0.2) is 60.7 Å². The largest absolute Gasteiger partial charge is 0.410 e. The minimum atomic E-state index is -4.34. The van der Waals surface area contributed by atoms with Crippen LogP contribution in [0, 0.1) is 6.92 Å². The third kappa shape index (κ3) is 3.71. The predicted octanol–water partition coefficient (Wildman–Crippen LogP) is 4.99. The molecule has 0 aromatic heterocycles. The first-order valence-corrected chi connectivity index (χ1v) is 5.88. The standard InChI is InChI=1S/C16H13F3/c1-12-7-9-14(10-8-12)15(11-16(17,18)19)13-5-3-2-4-6-13/h2-11H,1H3/b15-11-. The van der Waals surface area contributed by atoms with Crippen molar-refractivity contribution in [2.75, 3.05) is 0 Å². The molecule has 0 radical (unpaired) electrons. The Morgan fingerprint density at radius 3 is 1.89 bits per heavy atom. The van der Waals surface area contributed by atoms with E-state index >= 15 is 0 Å². The fraction of sp³-hybridized carbons (Fsp3) is 0.125. The average Bonchev–Trinajstić information content (AvgIpc) is 2.37. The molecule has 0 nitrogen and oxygen atoms in total. The Bertz CT molecular complexity index is 563. The first kappa shape index (κ1) is 13.4. The van der Waals surface area contributed by atoms with Crippen LogP contribution in [0.3, 0.4) is 0 Å². The van der Waals surface area contributed by atoms with Crippen LogP contribution < -0.4 is 0 Å². The van der Waals surface area contributed by atoms with E-state index in [4.69, 9.17) is 0 Å². The summed E-state index contributed by atoms with van der Waals surface area (Å²) in [5.41, 5.74) is 2.33. The summed E-state index contributed by atoms with van der Waals surface area (Å²) in [7, 11) is 0. The van der Waals surface area contributed by atoms with Gasteiger partial charge in [0, 0.05) is 6.08 Å². The van der Waals surface area contributed by atoms with Gasteiger partial charge in [0.25, 0.3) is 0 Å². The topological polar surface area (TPSA) is 0 Å². The van der Waals surface area contributed by atoms with Crippen LogP contribution in [0.4, 0.5) is 13.2 Å². The molecule has 0 aliphatic carbocycles. The van der Waals surface area contributed by atoms with Gasteiger partial charge < -0.3 is 0 Å². The van der Waals surface area contributed by atoms with Crippen molar-refractivity contribution in [1.29, 1.82) is 0 Å². The van der Waals surface area contributed by atoms with Crippen molar-refractivity contribution in [1.82, 2.24) is 0 Å². The quantitative estimate of drug-likeness (QED) is 0.715. The zero-order valence-electron chi connectivity index (χ0n) is 10.4. The molecule has 0 spiro atoms. The van der Waals surface area contributed by atoms with E-state index in [1.54, 1.807) is 42.5 Å². The third-order valence-corrected chi connectivity index (χ3v) is 2.76. The average molecular weight is 262 g/mol. The Morgan fingerprint density at radius 1 is 0.842 bits per heavy atom. The maximum atomic E-state index is 12.7. The molecule has 0 fully saturated rings. The number of hydrogen-bond acceptors (Lipinski definition) is 0. The van der Waals surface area contributed by atoms with Crippen molar-refractivity contribution in [3.63, 3.8) is 0 Å². The molecule has 0 heterocycles. The summed E-state index contributed by atoms with van der Waals surface area (Å²) in [6.07, 6.45) is -3.98. The third-order valence-electron chi connectivity index (χ3n) is 2.76. The monoisotopic (exact) mass is 262 g/mol. The highest BCUT2D eigenvalue weighted by atomic mass is 19.4. The Hall–Kier alpha value is -2.03. The number of allylic oxidation sites excluding steroid dienone is 1. The van der Waals surface area contributed by atoms with Gasteiger partial charge in [0.1, 0.15) is 0 Å². The van der Waals surface area contributed by atoms with E-state index in [0.717, 1.165) is 5.56 Å².